The van der Waals surface area contributed by atoms with Gasteiger partial charge in [-0.1, -0.05) is 29.8 Å². The smallest absolute Gasteiger partial charge is 0.324 e. The molecule has 1 fully saturated rings. The van der Waals surface area contributed by atoms with Gasteiger partial charge in [0.1, 0.15) is 5.82 Å². The first-order chi connectivity index (χ1) is 16.3. The second-order valence-corrected chi connectivity index (χ2v) is 8.98. The van der Waals surface area contributed by atoms with Crippen LogP contribution in [-0.4, -0.2) is 29.9 Å². The normalized spacial score (nSPS) is 13.8. The van der Waals surface area contributed by atoms with E-state index in [-0.39, 0.29) is 24.2 Å². The summed E-state index contributed by atoms with van der Waals surface area (Å²) in [5.74, 6) is -0.502. The zero-order chi connectivity index (χ0) is 24.2. The first-order valence-electron chi connectivity index (χ1n) is 11.6. The quantitative estimate of drug-likeness (QED) is 0.509. The van der Waals surface area contributed by atoms with Crippen molar-refractivity contribution in [3.05, 3.63) is 94.3 Å². The van der Waals surface area contributed by atoms with Crippen LogP contribution in [0.4, 0.5) is 20.6 Å². The largest absolute Gasteiger partial charge is 0.326 e. The Bertz CT molecular complexity index is 1170. The second kappa shape index (κ2) is 10.1. The molecule has 0 aromatic heterocycles. The van der Waals surface area contributed by atoms with E-state index >= 15 is 0 Å². The van der Waals surface area contributed by atoms with E-state index in [2.05, 4.69) is 38.2 Å². The van der Waals surface area contributed by atoms with E-state index in [1.165, 1.54) is 34.4 Å². The third-order valence-corrected chi connectivity index (χ3v) is 6.24. The van der Waals surface area contributed by atoms with Crippen molar-refractivity contribution < 1.29 is 14.0 Å². The third-order valence-electron chi connectivity index (χ3n) is 6.24. The highest BCUT2D eigenvalue weighted by atomic mass is 19.1. The second-order valence-electron chi connectivity index (χ2n) is 8.98. The van der Waals surface area contributed by atoms with Crippen LogP contribution in [0.2, 0.25) is 0 Å². The lowest BCUT2D eigenvalue weighted by molar-refractivity contribution is -0.115. The predicted molar refractivity (Wildman–Crippen MR) is 134 cm³/mol. The lowest BCUT2D eigenvalue weighted by atomic mass is 9.99. The maximum atomic E-state index is 13.3. The number of urea groups is 1. The molecule has 0 radical (unpaired) electrons. The zero-order valence-electron chi connectivity index (χ0n) is 19.9. The molecule has 0 aliphatic carbocycles. The fourth-order valence-corrected chi connectivity index (χ4v) is 4.54. The third kappa shape index (κ3) is 5.45. The number of rotatable bonds is 6. The predicted octanol–water partition coefficient (Wildman–Crippen LogP) is 5.76. The summed E-state index contributed by atoms with van der Waals surface area (Å²) in [5.41, 5.74) is 7.07. The minimum atomic E-state index is -0.324. The van der Waals surface area contributed by atoms with Crippen LogP contribution in [0.15, 0.2) is 60.7 Å². The topological polar surface area (TPSA) is 52.6 Å². The maximum Gasteiger partial charge on any atom is 0.324 e. The Morgan fingerprint density at radius 1 is 0.941 bits per heavy atom. The zero-order valence-corrected chi connectivity index (χ0v) is 19.9. The minimum Gasteiger partial charge on any atom is -0.326 e. The molecule has 0 spiro atoms. The number of halogens is 1. The van der Waals surface area contributed by atoms with Crippen molar-refractivity contribution in [3.63, 3.8) is 0 Å². The van der Waals surface area contributed by atoms with Gasteiger partial charge in [0.2, 0.25) is 5.91 Å². The molecule has 0 atom stereocenters. The SMILES string of the molecule is Cc1cc(C)c(CN2CCCN(c3ccc(NC(=O)Cc4ccc(F)cc4)cc3)C2=O)c(C)c1. The highest BCUT2D eigenvalue weighted by molar-refractivity contribution is 5.94. The summed E-state index contributed by atoms with van der Waals surface area (Å²) in [6.45, 7) is 8.30. The summed E-state index contributed by atoms with van der Waals surface area (Å²) in [6, 6.07) is 17.5. The Hall–Kier alpha value is -3.67. The summed E-state index contributed by atoms with van der Waals surface area (Å²) >= 11 is 0. The molecule has 34 heavy (non-hydrogen) atoms. The first kappa shape index (κ1) is 23.5. The molecule has 6 heteroatoms. The Balaban J connectivity index is 1.40. The van der Waals surface area contributed by atoms with E-state index in [0.717, 1.165) is 24.2 Å². The van der Waals surface area contributed by atoms with Crippen LogP contribution >= 0.6 is 0 Å². The molecule has 1 aliphatic rings. The number of nitrogens with zero attached hydrogens (tertiary/aromatic N) is 2. The molecule has 1 N–H and O–H groups in total. The number of carbonyl (C=O) groups excluding carboxylic acids is 2. The van der Waals surface area contributed by atoms with Gasteiger partial charge in [-0.05, 0) is 85.8 Å². The highest BCUT2D eigenvalue weighted by Gasteiger charge is 2.27. The molecule has 3 aromatic carbocycles. The molecular weight excluding hydrogens is 429 g/mol. The molecule has 4 rings (SSSR count). The van der Waals surface area contributed by atoms with Gasteiger partial charge < -0.3 is 10.2 Å². The molecule has 3 amide bonds. The van der Waals surface area contributed by atoms with Gasteiger partial charge in [-0.25, -0.2) is 9.18 Å². The van der Waals surface area contributed by atoms with Crippen molar-refractivity contribution in [1.82, 2.24) is 4.90 Å². The molecule has 1 saturated heterocycles. The number of aryl methyl sites for hydroxylation is 3. The molecular formula is C28H30FN3O2. The maximum absolute atomic E-state index is 13.3. The summed E-state index contributed by atoms with van der Waals surface area (Å²) in [5, 5.41) is 2.86. The molecule has 0 saturated carbocycles. The van der Waals surface area contributed by atoms with Crippen molar-refractivity contribution in [2.45, 2.75) is 40.2 Å². The highest BCUT2D eigenvalue weighted by Crippen LogP contribution is 2.25. The van der Waals surface area contributed by atoms with Crippen LogP contribution < -0.4 is 10.2 Å². The Morgan fingerprint density at radius 2 is 1.59 bits per heavy atom. The minimum absolute atomic E-state index is 0.00118. The van der Waals surface area contributed by atoms with E-state index in [0.29, 0.717) is 18.8 Å². The van der Waals surface area contributed by atoms with Crippen molar-refractivity contribution in [2.24, 2.45) is 0 Å². The monoisotopic (exact) mass is 459 g/mol. The molecule has 1 aliphatic heterocycles. The summed E-state index contributed by atoms with van der Waals surface area (Å²) in [4.78, 5) is 29.3. The van der Waals surface area contributed by atoms with Crippen LogP contribution in [0.3, 0.4) is 0 Å². The van der Waals surface area contributed by atoms with E-state index < -0.39 is 0 Å². The number of hydrogen-bond acceptors (Lipinski definition) is 2. The molecule has 3 aromatic rings. The number of benzene rings is 3. The van der Waals surface area contributed by atoms with E-state index in [4.69, 9.17) is 0 Å². The molecule has 0 bridgehead atoms. The van der Waals surface area contributed by atoms with Gasteiger partial charge in [0, 0.05) is 31.0 Å². The van der Waals surface area contributed by atoms with Gasteiger partial charge in [0.25, 0.3) is 0 Å². The average molecular weight is 460 g/mol. The van der Waals surface area contributed by atoms with E-state index in [1.54, 1.807) is 29.2 Å². The molecule has 5 nitrogen and oxygen atoms in total. The van der Waals surface area contributed by atoms with Crippen LogP contribution in [0.25, 0.3) is 0 Å². The first-order valence-corrected chi connectivity index (χ1v) is 11.6. The van der Waals surface area contributed by atoms with Gasteiger partial charge in [0.15, 0.2) is 0 Å². The lowest BCUT2D eigenvalue weighted by Gasteiger charge is -2.36. The van der Waals surface area contributed by atoms with Crippen LogP contribution in [0.1, 0.15) is 34.2 Å². The van der Waals surface area contributed by atoms with Crippen LogP contribution in [-0.2, 0) is 17.8 Å². The van der Waals surface area contributed by atoms with Gasteiger partial charge in [-0.3, -0.25) is 9.69 Å². The van der Waals surface area contributed by atoms with Crippen LogP contribution in [0, 0.1) is 26.6 Å². The Kier molecular flexibility index (Phi) is 6.96. The van der Waals surface area contributed by atoms with E-state index in [9.17, 15) is 14.0 Å². The van der Waals surface area contributed by atoms with Crippen molar-refractivity contribution in [3.8, 4) is 0 Å². The Morgan fingerprint density at radius 3 is 2.24 bits per heavy atom. The summed E-state index contributed by atoms with van der Waals surface area (Å²) < 4.78 is 13.0. The molecule has 0 unspecified atom stereocenters. The summed E-state index contributed by atoms with van der Waals surface area (Å²) in [6.07, 6.45) is 1.06. The summed E-state index contributed by atoms with van der Waals surface area (Å²) in [7, 11) is 0. The number of carbonyl (C=O) groups is 2. The van der Waals surface area contributed by atoms with Gasteiger partial charge >= 0.3 is 6.03 Å². The van der Waals surface area contributed by atoms with Gasteiger partial charge in [-0.2, -0.15) is 0 Å². The van der Waals surface area contributed by atoms with Crippen molar-refractivity contribution >= 4 is 23.3 Å². The fraction of sp³-hybridized carbons (Fsp3) is 0.286. The average Bonchev–Trinajstić information content (AvgIpc) is 2.79. The number of hydrogen-bond donors (Lipinski definition) is 1. The van der Waals surface area contributed by atoms with Crippen molar-refractivity contribution in [2.75, 3.05) is 23.3 Å². The number of nitrogens with one attached hydrogen (secondary N) is 1. The number of anilines is 2. The lowest BCUT2D eigenvalue weighted by Crippen LogP contribution is -2.49. The number of amides is 3. The fourth-order valence-electron chi connectivity index (χ4n) is 4.54. The molecule has 1 heterocycles. The molecule has 176 valence electrons. The van der Waals surface area contributed by atoms with E-state index in [1.807, 2.05) is 17.0 Å². The van der Waals surface area contributed by atoms with Gasteiger partial charge in [0.05, 0.1) is 6.42 Å². The van der Waals surface area contributed by atoms with Crippen LogP contribution in [0.5, 0.6) is 0 Å². The van der Waals surface area contributed by atoms with Crippen molar-refractivity contribution in [1.29, 1.82) is 0 Å². The Labute approximate surface area is 200 Å². The van der Waals surface area contributed by atoms with Gasteiger partial charge in [-0.15, -0.1) is 0 Å². The standard InChI is InChI=1S/C28H30FN3O2/c1-19-15-20(2)26(21(3)16-19)18-31-13-4-14-32(28(31)34)25-11-9-24(10-12-25)30-27(33)17-22-5-7-23(29)8-6-22/h5-12,15-16H,4,13-14,17-18H2,1-3H3,(H,30,33).